The summed E-state index contributed by atoms with van der Waals surface area (Å²) in [7, 11) is 0. The van der Waals surface area contributed by atoms with Gasteiger partial charge in [0.15, 0.2) is 5.78 Å². The van der Waals surface area contributed by atoms with E-state index in [0.717, 1.165) is 50.5 Å². The molecule has 326 valence electrons. The molecule has 2 bridgehead atoms. The second-order valence-electron chi connectivity index (χ2n) is 17.5. The van der Waals surface area contributed by atoms with Crippen molar-refractivity contribution in [1.82, 2.24) is 5.32 Å². The van der Waals surface area contributed by atoms with Gasteiger partial charge in [0, 0.05) is 48.0 Å². The first kappa shape index (κ1) is 50.6. The fourth-order valence-electron chi connectivity index (χ4n) is 8.44. The molecule has 58 heavy (non-hydrogen) atoms. The summed E-state index contributed by atoms with van der Waals surface area (Å²) >= 11 is 0. The molecule has 9 heteroatoms. The van der Waals surface area contributed by atoms with Crippen LogP contribution in [0, 0.1) is 23.7 Å². The van der Waals surface area contributed by atoms with Gasteiger partial charge in [0.05, 0.1) is 11.8 Å². The summed E-state index contributed by atoms with van der Waals surface area (Å²) in [6, 6.07) is 0. The third-order valence-electron chi connectivity index (χ3n) is 11.8. The Hall–Kier alpha value is -3.59. The molecule has 2 rings (SSSR count). The van der Waals surface area contributed by atoms with Crippen LogP contribution in [0.2, 0.25) is 0 Å². The lowest BCUT2D eigenvalue weighted by molar-refractivity contribution is -0.146. The molecule has 0 aromatic heterocycles. The van der Waals surface area contributed by atoms with E-state index in [-0.39, 0.29) is 40.9 Å². The molecule has 0 saturated carbocycles. The first-order chi connectivity index (χ1) is 27.6. The van der Waals surface area contributed by atoms with Crippen LogP contribution in [0.5, 0.6) is 0 Å². The van der Waals surface area contributed by atoms with Crippen LogP contribution in [0.4, 0.5) is 0 Å². The lowest BCUT2D eigenvalue weighted by atomic mass is 9.80. The second-order valence-corrected chi connectivity index (χ2v) is 17.5. The van der Waals surface area contributed by atoms with E-state index in [2.05, 4.69) is 5.32 Å². The van der Waals surface area contributed by atoms with Crippen LogP contribution in [0.25, 0.3) is 0 Å². The van der Waals surface area contributed by atoms with Crippen molar-refractivity contribution < 1.29 is 38.9 Å². The van der Waals surface area contributed by atoms with Crippen molar-refractivity contribution in [3.63, 3.8) is 0 Å². The molecule has 1 aliphatic heterocycles. The molecule has 2 aliphatic rings. The number of carboxylic acid groups (broad SMARTS) is 1. The van der Waals surface area contributed by atoms with Gasteiger partial charge in [0.25, 0.3) is 5.91 Å². The number of amides is 1. The summed E-state index contributed by atoms with van der Waals surface area (Å²) in [5, 5.41) is 22.8. The van der Waals surface area contributed by atoms with Crippen LogP contribution in [0.1, 0.15) is 183 Å². The summed E-state index contributed by atoms with van der Waals surface area (Å²) in [5.41, 5.74) is 2.23. The zero-order chi connectivity index (χ0) is 43.0. The number of unbranched alkanes of at least 4 members (excludes halogenated alkanes) is 16. The van der Waals surface area contributed by atoms with Crippen molar-refractivity contribution in [2.75, 3.05) is 0 Å². The SMILES string of the molecule is CC(=O)O[C@H]1/C(C)=C/[C@H](C)[C@@H](O)[C@@H](C)C[C@H](C)CC2=C(CCCCCCCCCCCCCCCCCCCC(=O)O)C(=O)C=C(NC(=O)/C(C)=C/C=C\[C@@H]1C)C2=O. The van der Waals surface area contributed by atoms with Gasteiger partial charge in [-0.05, 0) is 63.4 Å². The number of aliphatic carboxylic acids is 1. The molecule has 0 aromatic rings. The molecule has 6 atom stereocenters. The van der Waals surface area contributed by atoms with Crippen molar-refractivity contribution in [2.24, 2.45) is 23.7 Å². The van der Waals surface area contributed by atoms with E-state index in [9.17, 15) is 29.1 Å². The smallest absolute Gasteiger partial charge is 0.303 e. The van der Waals surface area contributed by atoms with E-state index < -0.39 is 30.1 Å². The predicted octanol–water partition coefficient (Wildman–Crippen LogP) is 11.0. The fourth-order valence-corrected chi connectivity index (χ4v) is 8.44. The zero-order valence-corrected chi connectivity index (χ0v) is 37.0. The highest BCUT2D eigenvalue weighted by atomic mass is 16.5. The lowest BCUT2D eigenvalue weighted by Crippen LogP contribution is -2.33. The fraction of sp³-hybridized carbons (Fsp3) is 0.694. The molecule has 9 nitrogen and oxygen atoms in total. The van der Waals surface area contributed by atoms with Crippen LogP contribution < -0.4 is 5.32 Å². The molecule has 0 radical (unpaired) electrons. The molecule has 0 unspecified atom stereocenters. The summed E-state index contributed by atoms with van der Waals surface area (Å²) < 4.78 is 5.69. The van der Waals surface area contributed by atoms with Gasteiger partial charge in [-0.3, -0.25) is 24.0 Å². The van der Waals surface area contributed by atoms with Gasteiger partial charge < -0.3 is 20.3 Å². The highest BCUT2D eigenvalue weighted by Gasteiger charge is 2.32. The number of aliphatic hydroxyl groups excluding tert-OH is 1. The number of hydrogen-bond donors (Lipinski definition) is 3. The number of ketones is 2. The number of esters is 1. The van der Waals surface area contributed by atoms with Gasteiger partial charge in [0.2, 0.25) is 5.78 Å². The number of aliphatic hydroxyl groups is 1. The van der Waals surface area contributed by atoms with Crippen molar-refractivity contribution >= 4 is 29.4 Å². The van der Waals surface area contributed by atoms with Gasteiger partial charge in [-0.2, -0.15) is 0 Å². The molecule has 0 saturated heterocycles. The Balaban J connectivity index is 1.96. The molecule has 1 amide bonds. The number of carbonyl (C=O) groups excluding carboxylic acids is 4. The molecular formula is C49H77NO8. The summed E-state index contributed by atoms with van der Waals surface area (Å²) in [4.78, 5) is 63.4. The van der Waals surface area contributed by atoms with Gasteiger partial charge in [-0.1, -0.05) is 148 Å². The minimum atomic E-state index is -0.692. The van der Waals surface area contributed by atoms with Crippen molar-refractivity contribution in [2.45, 2.75) is 196 Å². The van der Waals surface area contributed by atoms with Crippen LogP contribution in [0.15, 0.2) is 58.4 Å². The third-order valence-corrected chi connectivity index (χ3v) is 11.8. The highest BCUT2D eigenvalue weighted by molar-refractivity contribution is 6.23. The lowest BCUT2D eigenvalue weighted by Gasteiger charge is -2.28. The summed E-state index contributed by atoms with van der Waals surface area (Å²) in [6.45, 7) is 12.9. The number of carbonyl (C=O) groups is 5. The van der Waals surface area contributed by atoms with E-state index in [0.29, 0.717) is 42.4 Å². The van der Waals surface area contributed by atoms with Gasteiger partial charge in [-0.15, -0.1) is 0 Å². The Morgan fingerprint density at radius 2 is 1.29 bits per heavy atom. The highest BCUT2D eigenvalue weighted by Crippen LogP contribution is 2.32. The number of Topliss-reactive ketones (excluding diaryl/α,β-unsaturated/α-hetero) is 1. The minimum absolute atomic E-state index is 0.00198. The first-order valence-corrected chi connectivity index (χ1v) is 22.6. The normalized spacial score (nSPS) is 26.3. The van der Waals surface area contributed by atoms with Crippen LogP contribution >= 0.6 is 0 Å². The van der Waals surface area contributed by atoms with E-state index in [4.69, 9.17) is 9.84 Å². The van der Waals surface area contributed by atoms with E-state index >= 15 is 0 Å². The number of hydrogen-bond acceptors (Lipinski definition) is 7. The van der Waals surface area contributed by atoms with Crippen LogP contribution in [-0.4, -0.2) is 51.8 Å². The van der Waals surface area contributed by atoms with Crippen LogP contribution in [-0.2, 0) is 28.7 Å². The quantitative estimate of drug-likeness (QED) is 0.0449. The monoisotopic (exact) mass is 808 g/mol. The Morgan fingerprint density at radius 3 is 1.81 bits per heavy atom. The number of carboxylic acids is 1. The number of nitrogens with one attached hydrogen (secondary N) is 1. The van der Waals surface area contributed by atoms with Gasteiger partial charge in [-0.25, -0.2) is 0 Å². The zero-order valence-electron chi connectivity index (χ0n) is 37.0. The molecule has 1 heterocycles. The standard InChI is InChI=1S/C49H77NO8/c1-34-30-37(4)46(55)38(5)32-39(6)48(58-40(7)51)35(2)26-25-27-36(3)49(57)50-43-33-44(52)41(42(31-34)47(43)56)28-23-21-19-17-15-13-11-9-8-10-12-14-16-18-20-22-24-29-45(53)54/h25-27,32-35,37-38,46,48,55H,8-24,28-31H2,1-7H3,(H,50,57)(H,53,54)/b26-25-,36-27+,39-32+/t34-,35-,37-,38-,46-,48+/m0/s1. The third kappa shape index (κ3) is 19.4. The molecule has 0 fully saturated rings. The maximum atomic E-state index is 14.0. The maximum Gasteiger partial charge on any atom is 0.303 e. The number of ether oxygens (including phenoxy) is 1. The van der Waals surface area contributed by atoms with Crippen molar-refractivity contribution in [3.8, 4) is 0 Å². The Kier molecular flexibility index (Phi) is 24.4. The average molecular weight is 808 g/mol. The number of rotatable bonds is 21. The Morgan fingerprint density at radius 1 is 0.776 bits per heavy atom. The van der Waals surface area contributed by atoms with Crippen molar-refractivity contribution in [1.29, 1.82) is 0 Å². The topological polar surface area (TPSA) is 147 Å². The summed E-state index contributed by atoms with van der Waals surface area (Å²) in [6.07, 6.45) is 28.8. The molecular weight excluding hydrogens is 731 g/mol. The molecule has 0 aromatic carbocycles. The van der Waals surface area contributed by atoms with Crippen molar-refractivity contribution in [3.05, 3.63) is 58.4 Å². The first-order valence-electron chi connectivity index (χ1n) is 22.6. The Labute approximate surface area is 350 Å². The molecule has 0 spiro atoms. The molecule has 3 N–H and O–H groups in total. The minimum Gasteiger partial charge on any atom is -0.481 e. The van der Waals surface area contributed by atoms with Gasteiger partial charge >= 0.3 is 11.9 Å². The number of fused-ring (bicyclic) bond motifs is 2. The predicted molar refractivity (Wildman–Crippen MR) is 233 cm³/mol. The maximum absolute atomic E-state index is 14.0. The van der Waals surface area contributed by atoms with Crippen LogP contribution in [0.3, 0.4) is 0 Å². The van der Waals surface area contributed by atoms with E-state index in [1.807, 2.05) is 46.8 Å². The average Bonchev–Trinajstić information content (AvgIpc) is 3.16. The largest absolute Gasteiger partial charge is 0.481 e. The number of allylic oxidation sites excluding steroid dienone is 5. The Bertz CT molecular complexity index is 1500. The van der Waals surface area contributed by atoms with Gasteiger partial charge in [0.1, 0.15) is 6.10 Å². The molecule has 1 aliphatic carbocycles. The second kappa shape index (κ2) is 28.0. The summed E-state index contributed by atoms with van der Waals surface area (Å²) in [5.74, 6) is -2.63. The van der Waals surface area contributed by atoms with E-state index in [1.165, 1.54) is 77.2 Å². The van der Waals surface area contributed by atoms with E-state index in [1.54, 1.807) is 19.1 Å².